The Morgan fingerprint density at radius 2 is 1.96 bits per heavy atom. The minimum absolute atomic E-state index is 0.233. The lowest BCUT2D eigenvalue weighted by Crippen LogP contribution is -2.14. The van der Waals surface area contributed by atoms with Gasteiger partial charge in [-0.25, -0.2) is 0 Å². The van der Waals surface area contributed by atoms with Crippen molar-refractivity contribution in [2.75, 3.05) is 11.9 Å². The van der Waals surface area contributed by atoms with Gasteiger partial charge in [-0.1, -0.05) is 12.1 Å². The molecular weight excluding hydrogens is 316 g/mol. The van der Waals surface area contributed by atoms with Crippen LogP contribution in [0.2, 0.25) is 0 Å². The maximum atomic E-state index is 12.5. The number of carbonyl (C=O) groups is 1. The molecule has 0 aliphatic carbocycles. The second-order valence-electron chi connectivity index (χ2n) is 5.45. The van der Waals surface area contributed by atoms with Crippen LogP contribution in [-0.4, -0.2) is 27.3 Å². The Morgan fingerprint density at radius 3 is 2.76 bits per heavy atom. The van der Waals surface area contributed by atoms with Gasteiger partial charge in [0.25, 0.3) is 5.91 Å². The lowest BCUT2D eigenvalue weighted by atomic mass is 10.2. The predicted molar refractivity (Wildman–Crippen MR) is 95.7 cm³/mol. The number of aromatic nitrogens is 3. The smallest absolute Gasteiger partial charge is 0.260 e. The first-order valence-corrected chi connectivity index (χ1v) is 8.22. The molecule has 6 heteroatoms. The Bertz CT molecular complexity index is 830. The molecule has 3 aromatic rings. The monoisotopic (exact) mass is 336 g/mol. The number of aryl methyl sites for hydroxylation is 2. The maximum absolute atomic E-state index is 12.5. The molecule has 128 valence electrons. The van der Waals surface area contributed by atoms with Gasteiger partial charge in [0.2, 0.25) is 0 Å². The first-order chi connectivity index (χ1) is 12.3. The number of anilines is 1. The molecule has 0 aliphatic heterocycles. The standard InChI is InChI=1S/C19H20N4O2/c1-2-25-17-6-4-3-5-16(17)19(24)21-18-10-14-23(22-18)13-9-15-7-11-20-12-8-15/h3-8,10-12,14H,2,9,13H2,1H3,(H,21,22,24). The summed E-state index contributed by atoms with van der Waals surface area (Å²) >= 11 is 0. The van der Waals surface area contributed by atoms with Crippen LogP contribution in [0.1, 0.15) is 22.8 Å². The molecule has 1 N–H and O–H groups in total. The average Bonchev–Trinajstić information content (AvgIpc) is 3.09. The largest absolute Gasteiger partial charge is 0.493 e. The van der Waals surface area contributed by atoms with Crippen molar-refractivity contribution in [3.05, 3.63) is 72.2 Å². The average molecular weight is 336 g/mol. The topological polar surface area (TPSA) is 69.0 Å². The number of hydrogen-bond acceptors (Lipinski definition) is 4. The highest BCUT2D eigenvalue weighted by molar-refractivity contribution is 6.05. The maximum Gasteiger partial charge on any atom is 0.260 e. The number of benzene rings is 1. The third-order valence-electron chi connectivity index (χ3n) is 3.69. The summed E-state index contributed by atoms with van der Waals surface area (Å²) in [6.07, 6.45) is 6.26. The van der Waals surface area contributed by atoms with Crippen molar-refractivity contribution in [3.63, 3.8) is 0 Å². The Labute approximate surface area is 146 Å². The van der Waals surface area contributed by atoms with E-state index in [1.807, 2.05) is 42.1 Å². The zero-order chi connectivity index (χ0) is 17.5. The van der Waals surface area contributed by atoms with Crippen LogP contribution in [0, 0.1) is 0 Å². The van der Waals surface area contributed by atoms with Crippen LogP contribution in [-0.2, 0) is 13.0 Å². The zero-order valence-corrected chi connectivity index (χ0v) is 14.1. The second kappa shape index (κ2) is 8.10. The molecule has 0 atom stereocenters. The minimum Gasteiger partial charge on any atom is -0.493 e. The van der Waals surface area contributed by atoms with E-state index < -0.39 is 0 Å². The van der Waals surface area contributed by atoms with Gasteiger partial charge in [-0.2, -0.15) is 5.10 Å². The van der Waals surface area contributed by atoms with Gasteiger partial charge in [0.05, 0.1) is 12.2 Å². The van der Waals surface area contributed by atoms with E-state index in [2.05, 4.69) is 15.4 Å². The molecule has 0 saturated carbocycles. The summed E-state index contributed by atoms with van der Waals surface area (Å²) in [5.41, 5.74) is 1.69. The first kappa shape index (κ1) is 16.7. The number of nitrogens with zero attached hydrogens (tertiary/aromatic N) is 3. The molecule has 6 nitrogen and oxygen atoms in total. The van der Waals surface area contributed by atoms with Gasteiger partial charge in [0.15, 0.2) is 5.82 Å². The third-order valence-corrected chi connectivity index (χ3v) is 3.69. The zero-order valence-electron chi connectivity index (χ0n) is 14.1. The second-order valence-corrected chi connectivity index (χ2v) is 5.45. The summed E-state index contributed by atoms with van der Waals surface area (Å²) in [7, 11) is 0. The Morgan fingerprint density at radius 1 is 1.16 bits per heavy atom. The molecule has 25 heavy (non-hydrogen) atoms. The Hall–Kier alpha value is -3.15. The van der Waals surface area contributed by atoms with Crippen molar-refractivity contribution in [2.45, 2.75) is 19.9 Å². The molecule has 0 bridgehead atoms. The molecule has 0 unspecified atom stereocenters. The van der Waals surface area contributed by atoms with Crippen LogP contribution in [0.4, 0.5) is 5.82 Å². The normalized spacial score (nSPS) is 10.4. The van der Waals surface area contributed by atoms with Gasteiger partial charge in [0.1, 0.15) is 5.75 Å². The van der Waals surface area contributed by atoms with Crippen molar-refractivity contribution < 1.29 is 9.53 Å². The van der Waals surface area contributed by atoms with E-state index in [4.69, 9.17) is 4.74 Å². The van der Waals surface area contributed by atoms with Crippen molar-refractivity contribution in [1.82, 2.24) is 14.8 Å². The van der Waals surface area contributed by atoms with Gasteiger partial charge in [-0.05, 0) is 43.2 Å². The number of pyridine rings is 1. The number of amides is 1. The number of nitrogens with one attached hydrogen (secondary N) is 1. The Kier molecular flexibility index (Phi) is 5.41. The number of ether oxygens (including phenoxy) is 1. The summed E-state index contributed by atoms with van der Waals surface area (Å²) in [6, 6.07) is 12.9. The van der Waals surface area contributed by atoms with Crippen LogP contribution < -0.4 is 10.1 Å². The highest BCUT2D eigenvalue weighted by atomic mass is 16.5. The van der Waals surface area contributed by atoms with E-state index in [1.54, 1.807) is 30.6 Å². The molecular formula is C19H20N4O2. The first-order valence-electron chi connectivity index (χ1n) is 8.22. The van der Waals surface area contributed by atoms with Gasteiger partial charge in [0, 0.05) is 31.2 Å². The molecule has 0 spiro atoms. The quantitative estimate of drug-likeness (QED) is 0.719. The predicted octanol–water partition coefficient (Wildman–Crippen LogP) is 3.17. The van der Waals surface area contributed by atoms with Crippen LogP contribution in [0.25, 0.3) is 0 Å². The highest BCUT2D eigenvalue weighted by Gasteiger charge is 2.13. The molecule has 2 aromatic heterocycles. The van der Waals surface area contributed by atoms with E-state index >= 15 is 0 Å². The van der Waals surface area contributed by atoms with Crippen LogP contribution in [0.15, 0.2) is 61.1 Å². The van der Waals surface area contributed by atoms with Crippen molar-refractivity contribution >= 4 is 11.7 Å². The molecule has 0 aliphatic rings. The summed E-state index contributed by atoms with van der Waals surface area (Å²) in [5.74, 6) is 0.856. The molecule has 1 amide bonds. The van der Waals surface area contributed by atoms with Gasteiger partial charge in [-0.3, -0.25) is 14.5 Å². The molecule has 0 saturated heterocycles. The molecule has 3 rings (SSSR count). The Balaban J connectivity index is 1.62. The van der Waals surface area contributed by atoms with E-state index in [0.717, 1.165) is 13.0 Å². The lowest BCUT2D eigenvalue weighted by molar-refractivity contribution is 0.102. The van der Waals surface area contributed by atoms with Crippen LogP contribution in [0.3, 0.4) is 0 Å². The van der Waals surface area contributed by atoms with Crippen molar-refractivity contribution in [1.29, 1.82) is 0 Å². The molecule has 0 fully saturated rings. The van der Waals surface area contributed by atoms with Gasteiger partial charge in [-0.15, -0.1) is 0 Å². The minimum atomic E-state index is -0.233. The number of hydrogen-bond donors (Lipinski definition) is 1. The fraction of sp³-hybridized carbons (Fsp3) is 0.211. The van der Waals surface area contributed by atoms with E-state index in [9.17, 15) is 4.79 Å². The molecule has 1 aromatic carbocycles. The summed E-state index contributed by atoms with van der Waals surface area (Å²) < 4.78 is 7.31. The third kappa shape index (κ3) is 4.44. The summed E-state index contributed by atoms with van der Waals surface area (Å²) in [5, 5.41) is 7.21. The fourth-order valence-corrected chi connectivity index (χ4v) is 2.47. The van der Waals surface area contributed by atoms with Crippen molar-refractivity contribution in [3.8, 4) is 5.75 Å². The van der Waals surface area contributed by atoms with Gasteiger partial charge >= 0.3 is 0 Å². The van der Waals surface area contributed by atoms with Crippen LogP contribution in [0.5, 0.6) is 5.75 Å². The summed E-state index contributed by atoms with van der Waals surface area (Å²) in [4.78, 5) is 16.5. The summed E-state index contributed by atoms with van der Waals surface area (Å²) in [6.45, 7) is 3.13. The van der Waals surface area contributed by atoms with E-state index in [0.29, 0.717) is 23.7 Å². The molecule has 0 radical (unpaired) electrons. The fourth-order valence-electron chi connectivity index (χ4n) is 2.47. The lowest BCUT2D eigenvalue weighted by Gasteiger charge is -2.09. The van der Waals surface area contributed by atoms with Gasteiger partial charge < -0.3 is 10.1 Å². The number of para-hydroxylation sites is 1. The SMILES string of the molecule is CCOc1ccccc1C(=O)Nc1ccn(CCc2ccncc2)n1. The van der Waals surface area contributed by atoms with Crippen molar-refractivity contribution in [2.24, 2.45) is 0 Å². The molecule has 2 heterocycles. The van der Waals surface area contributed by atoms with Crippen LogP contribution >= 0.6 is 0 Å². The van der Waals surface area contributed by atoms with E-state index in [1.165, 1.54) is 5.56 Å². The number of rotatable bonds is 7. The highest BCUT2D eigenvalue weighted by Crippen LogP contribution is 2.19. The van der Waals surface area contributed by atoms with E-state index in [-0.39, 0.29) is 5.91 Å². The number of carbonyl (C=O) groups excluding carboxylic acids is 1.